The van der Waals surface area contributed by atoms with Crippen molar-refractivity contribution in [3.05, 3.63) is 0 Å². The van der Waals surface area contributed by atoms with Crippen molar-refractivity contribution in [1.82, 2.24) is 14.7 Å². The standard InChI is InChI=1S/C18H36N4O2.2ClH/c1-3-21(4-2)18(24)16-20-12-9-13-22(15-14-20)17(23)10-7-5-6-8-11-19;;/h3-16,19H2,1-2H3;2*1H. The Bertz CT molecular complexity index is 382. The molecule has 0 saturated carbocycles. The number of nitrogens with two attached hydrogens (primary N) is 1. The first kappa shape index (κ1) is 27.7. The highest BCUT2D eigenvalue weighted by Gasteiger charge is 2.21. The minimum atomic E-state index is 0. The van der Waals surface area contributed by atoms with Gasteiger partial charge in [0.25, 0.3) is 0 Å². The van der Waals surface area contributed by atoms with Crippen LogP contribution >= 0.6 is 24.8 Å². The number of rotatable bonds is 10. The first-order valence-electron chi connectivity index (χ1n) is 9.60. The Labute approximate surface area is 171 Å². The molecule has 2 amide bonds. The van der Waals surface area contributed by atoms with Crippen molar-refractivity contribution in [2.75, 3.05) is 52.4 Å². The lowest BCUT2D eigenvalue weighted by Gasteiger charge is -2.25. The number of hydrogen-bond donors (Lipinski definition) is 1. The van der Waals surface area contributed by atoms with Gasteiger partial charge in [-0.1, -0.05) is 12.8 Å². The normalized spacial score (nSPS) is 14.8. The summed E-state index contributed by atoms with van der Waals surface area (Å²) in [4.78, 5) is 30.6. The van der Waals surface area contributed by atoms with E-state index in [1.165, 1.54) is 0 Å². The van der Waals surface area contributed by atoms with E-state index in [4.69, 9.17) is 5.73 Å². The number of nitrogens with zero attached hydrogens (tertiary/aromatic N) is 3. The largest absolute Gasteiger partial charge is 0.342 e. The molecule has 1 aliphatic heterocycles. The van der Waals surface area contributed by atoms with Gasteiger partial charge in [0.2, 0.25) is 11.8 Å². The van der Waals surface area contributed by atoms with Gasteiger partial charge in [0.05, 0.1) is 6.54 Å². The molecule has 1 heterocycles. The lowest BCUT2D eigenvalue weighted by atomic mass is 10.1. The van der Waals surface area contributed by atoms with Gasteiger partial charge in [0.15, 0.2) is 0 Å². The number of carbonyl (C=O) groups excluding carboxylic acids is 2. The van der Waals surface area contributed by atoms with Crippen LogP contribution in [-0.4, -0.2) is 78.9 Å². The number of carbonyl (C=O) groups is 2. The van der Waals surface area contributed by atoms with E-state index in [2.05, 4.69) is 4.90 Å². The van der Waals surface area contributed by atoms with Crippen molar-refractivity contribution >= 4 is 36.6 Å². The Morgan fingerprint density at radius 2 is 1.58 bits per heavy atom. The van der Waals surface area contributed by atoms with E-state index >= 15 is 0 Å². The van der Waals surface area contributed by atoms with E-state index in [1.807, 2.05) is 23.6 Å². The highest BCUT2D eigenvalue weighted by atomic mass is 35.5. The minimum absolute atomic E-state index is 0. The predicted molar refractivity (Wildman–Crippen MR) is 112 cm³/mol. The summed E-state index contributed by atoms with van der Waals surface area (Å²) in [6.45, 7) is 10.0. The molecule has 1 aliphatic rings. The molecule has 0 aromatic heterocycles. The molecule has 1 rings (SSSR count). The number of hydrogen-bond acceptors (Lipinski definition) is 4. The molecule has 6 nitrogen and oxygen atoms in total. The average Bonchev–Trinajstić information content (AvgIpc) is 2.81. The molecule has 0 aromatic rings. The monoisotopic (exact) mass is 412 g/mol. The maximum absolute atomic E-state index is 12.3. The van der Waals surface area contributed by atoms with Crippen molar-refractivity contribution in [2.45, 2.75) is 52.4 Å². The molecule has 26 heavy (non-hydrogen) atoms. The minimum Gasteiger partial charge on any atom is -0.342 e. The van der Waals surface area contributed by atoms with Gasteiger partial charge >= 0.3 is 0 Å². The molecule has 1 fully saturated rings. The van der Waals surface area contributed by atoms with Crippen LogP contribution in [0.2, 0.25) is 0 Å². The molecular weight excluding hydrogens is 375 g/mol. The quantitative estimate of drug-likeness (QED) is 0.557. The summed E-state index contributed by atoms with van der Waals surface area (Å²) in [5.74, 6) is 0.458. The molecule has 1 saturated heterocycles. The lowest BCUT2D eigenvalue weighted by molar-refractivity contribution is -0.132. The van der Waals surface area contributed by atoms with Crippen LogP contribution in [0.4, 0.5) is 0 Å². The van der Waals surface area contributed by atoms with Crippen molar-refractivity contribution in [3.63, 3.8) is 0 Å². The summed E-state index contributed by atoms with van der Waals surface area (Å²) < 4.78 is 0. The molecule has 0 spiro atoms. The Kier molecular flexibility index (Phi) is 17.7. The Balaban J connectivity index is 0. The van der Waals surface area contributed by atoms with E-state index in [0.29, 0.717) is 13.0 Å². The highest BCUT2D eigenvalue weighted by Crippen LogP contribution is 2.09. The van der Waals surface area contributed by atoms with E-state index in [0.717, 1.165) is 77.9 Å². The zero-order valence-electron chi connectivity index (χ0n) is 16.5. The van der Waals surface area contributed by atoms with Gasteiger partial charge < -0.3 is 15.5 Å². The number of unbranched alkanes of at least 4 members (excludes halogenated alkanes) is 3. The summed E-state index contributed by atoms with van der Waals surface area (Å²) >= 11 is 0. The number of amides is 2. The molecule has 0 atom stereocenters. The molecule has 156 valence electrons. The van der Waals surface area contributed by atoms with E-state index in [9.17, 15) is 9.59 Å². The first-order chi connectivity index (χ1) is 11.6. The van der Waals surface area contributed by atoms with Crippen LogP contribution in [0.3, 0.4) is 0 Å². The van der Waals surface area contributed by atoms with E-state index in [-0.39, 0.29) is 36.6 Å². The Hall–Kier alpha value is -0.560. The SMILES string of the molecule is CCN(CC)C(=O)CN1CCCN(C(=O)CCCCCCN)CC1.Cl.Cl. The van der Waals surface area contributed by atoms with Crippen LogP contribution in [-0.2, 0) is 9.59 Å². The lowest BCUT2D eigenvalue weighted by Crippen LogP contribution is -2.42. The fraction of sp³-hybridized carbons (Fsp3) is 0.889. The number of halogens is 2. The maximum atomic E-state index is 12.3. The molecule has 0 bridgehead atoms. The summed E-state index contributed by atoms with van der Waals surface area (Å²) in [5.41, 5.74) is 5.48. The topological polar surface area (TPSA) is 69.9 Å². The van der Waals surface area contributed by atoms with Gasteiger partial charge in [-0.15, -0.1) is 24.8 Å². The maximum Gasteiger partial charge on any atom is 0.236 e. The first-order valence-corrected chi connectivity index (χ1v) is 9.60. The molecule has 0 unspecified atom stereocenters. The predicted octanol–water partition coefficient (Wildman–Crippen LogP) is 2.14. The molecule has 0 radical (unpaired) electrons. The third-order valence-electron chi connectivity index (χ3n) is 4.76. The molecule has 8 heteroatoms. The Morgan fingerprint density at radius 3 is 2.19 bits per heavy atom. The second-order valence-corrected chi connectivity index (χ2v) is 6.53. The van der Waals surface area contributed by atoms with Gasteiger partial charge in [-0.3, -0.25) is 14.5 Å². The van der Waals surface area contributed by atoms with Gasteiger partial charge in [-0.25, -0.2) is 0 Å². The van der Waals surface area contributed by atoms with Crippen LogP contribution in [0.5, 0.6) is 0 Å². The number of likely N-dealkylation sites (N-methyl/N-ethyl adjacent to an activating group) is 1. The van der Waals surface area contributed by atoms with Crippen LogP contribution in [0.25, 0.3) is 0 Å². The fourth-order valence-corrected chi connectivity index (χ4v) is 3.18. The van der Waals surface area contributed by atoms with Crippen LogP contribution < -0.4 is 5.73 Å². The van der Waals surface area contributed by atoms with Gasteiger partial charge in [-0.2, -0.15) is 0 Å². The third-order valence-corrected chi connectivity index (χ3v) is 4.76. The van der Waals surface area contributed by atoms with Crippen molar-refractivity contribution in [1.29, 1.82) is 0 Å². The van der Waals surface area contributed by atoms with E-state index in [1.54, 1.807) is 0 Å². The van der Waals surface area contributed by atoms with Gasteiger partial charge in [0.1, 0.15) is 0 Å². The summed E-state index contributed by atoms with van der Waals surface area (Å²) in [6, 6.07) is 0. The van der Waals surface area contributed by atoms with Gasteiger partial charge in [0, 0.05) is 45.7 Å². The van der Waals surface area contributed by atoms with Crippen LogP contribution in [0.1, 0.15) is 52.4 Å². The Morgan fingerprint density at radius 1 is 0.923 bits per heavy atom. The average molecular weight is 413 g/mol. The summed E-state index contributed by atoms with van der Waals surface area (Å²) in [7, 11) is 0. The molecule has 2 N–H and O–H groups in total. The fourth-order valence-electron chi connectivity index (χ4n) is 3.18. The second-order valence-electron chi connectivity index (χ2n) is 6.53. The van der Waals surface area contributed by atoms with Gasteiger partial charge in [-0.05, 0) is 39.7 Å². The van der Waals surface area contributed by atoms with Crippen LogP contribution in [0.15, 0.2) is 0 Å². The molecule has 0 aliphatic carbocycles. The van der Waals surface area contributed by atoms with Crippen LogP contribution in [0, 0.1) is 0 Å². The van der Waals surface area contributed by atoms with Crippen molar-refractivity contribution in [2.24, 2.45) is 5.73 Å². The second kappa shape index (κ2) is 16.6. The van der Waals surface area contributed by atoms with Crippen molar-refractivity contribution < 1.29 is 9.59 Å². The molecule has 0 aromatic carbocycles. The summed E-state index contributed by atoms with van der Waals surface area (Å²) in [5, 5.41) is 0. The summed E-state index contributed by atoms with van der Waals surface area (Å²) in [6.07, 6.45) is 5.80. The smallest absolute Gasteiger partial charge is 0.236 e. The third kappa shape index (κ3) is 10.6. The van der Waals surface area contributed by atoms with E-state index < -0.39 is 0 Å². The zero-order chi connectivity index (χ0) is 17.8. The zero-order valence-corrected chi connectivity index (χ0v) is 18.1. The van der Waals surface area contributed by atoms with Crippen molar-refractivity contribution in [3.8, 4) is 0 Å². The highest BCUT2D eigenvalue weighted by molar-refractivity contribution is 5.85. The molecular formula is C18H38Cl2N4O2.